The molecule has 7 nitrogen and oxygen atoms in total. The number of rotatable bonds is 5. The summed E-state index contributed by atoms with van der Waals surface area (Å²) in [5.41, 5.74) is 1.18. The zero-order chi connectivity index (χ0) is 23.0. The van der Waals surface area contributed by atoms with Gasteiger partial charge in [0.05, 0.1) is 53.9 Å². The average molecular weight is 515 g/mol. The number of ether oxygens (including phenoxy) is 2. The number of hydrogen-bond acceptors (Lipinski definition) is 6. The SMILES string of the molecule is COc1ccc(CC(=O)N=C2SC3CS(=O)(=O)CC3N2c2c(Cl)cccc2Cl)cc1OC. The van der Waals surface area contributed by atoms with Crippen LogP contribution in [-0.4, -0.2) is 56.5 Å². The molecule has 170 valence electrons. The number of benzene rings is 2. The highest BCUT2D eigenvalue weighted by atomic mass is 35.5. The Morgan fingerprint density at radius 2 is 1.81 bits per heavy atom. The van der Waals surface area contributed by atoms with Crippen LogP contribution >= 0.6 is 35.0 Å². The molecule has 2 unspecified atom stereocenters. The van der Waals surface area contributed by atoms with Crippen LogP contribution in [0.5, 0.6) is 11.5 Å². The van der Waals surface area contributed by atoms with Crippen LogP contribution < -0.4 is 14.4 Å². The minimum absolute atomic E-state index is 0.0177. The Bertz CT molecular complexity index is 1180. The third kappa shape index (κ3) is 4.57. The number of amidine groups is 1. The lowest BCUT2D eigenvalue weighted by atomic mass is 10.1. The van der Waals surface area contributed by atoms with Crippen molar-refractivity contribution in [2.75, 3.05) is 30.6 Å². The molecule has 0 aliphatic carbocycles. The van der Waals surface area contributed by atoms with Gasteiger partial charge in [0.1, 0.15) is 0 Å². The van der Waals surface area contributed by atoms with Gasteiger partial charge in [0.25, 0.3) is 5.91 Å². The van der Waals surface area contributed by atoms with Gasteiger partial charge in [-0.25, -0.2) is 8.42 Å². The van der Waals surface area contributed by atoms with E-state index >= 15 is 0 Å². The largest absolute Gasteiger partial charge is 0.493 e. The van der Waals surface area contributed by atoms with Crippen molar-refractivity contribution in [2.45, 2.75) is 17.7 Å². The Hall–Kier alpha value is -1.94. The molecule has 4 rings (SSSR count). The molecular weight excluding hydrogens is 495 g/mol. The Kier molecular flexibility index (Phi) is 6.63. The summed E-state index contributed by atoms with van der Waals surface area (Å²) in [7, 11) is -0.137. The minimum atomic E-state index is -3.20. The van der Waals surface area contributed by atoms with Gasteiger partial charge in [0, 0.05) is 5.25 Å². The number of aliphatic imine (C=N–C) groups is 1. The topological polar surface area (TPSA) is 85.3 Å². The molecule has 0 bridgehead atoms. The molecule has 0 spiro atoms. The second-order valence-corrected chi connectivity index (χ2v) is 11.6. The summed E-state index contributed by atoms with van der Waals surface area (Å²) in [5, 5.41) is 0.876. The van der Waals surface area contributed by atoms with Gasteiger partial charge in [-0.1, -0.05) is 47.1 Å². The number of thioether (sulfide) groups is 1. The molecule has 2 heterocycles. The molecule has 2 aromatic rings. The van der Waals surface area contributed by atoms with Crippen molar-refractivity contribution in [2.24, 2.45) is 4.99 Å². The van der Waals surface area contributed by atoms with Gasteiger partial charge in [0.15, 0.2) is 26.5 Å². The maximum Gasteiger partial charge on any atom is 0.252 e. The fourth-order valence-corrected chi connectivity index (χ4v) is 8.35. The molecule has 2 aliphatic heterocycles. The van der Waals surface area contributed by atoms with Crippen LogP contribution in [0.15, 0.2) is 41.4 Å². The smallest absolute Gasteiger partial charge is 0.252 e. The molecule has 0 saturated carbocycles. The summed E-state index contributed by atoms with van der Waals surface area (Å²) < 4.78 is 35.0. The highest BCUT2D eigenvalue weighted by molar-refractivity contribution is 8.16. The molecule has 2 aliphatic rings. The van der Waals surface area contributed by atoms with E-state index < -0.39 is 15.9 Å². The Morgan fingerprint density at radius 1 is 1.12 bits per heavy atom. The predicted molar refractivity (Wildman–Crippen MR) is 128 cm³/mol. The van der Waals surface area contributed by atoms with Gasteiger partial charge in [-0.3, -0.25) is 4.79 Å². The number of hydrogen-bond donors (Lipinski definition) is 0. The van der Waals surface area contributed by atoms with E-state index in [0.717, 1.165) is 0 Å². The quantitative estimate of drug-likeness (QED) is 0.598. The predicted octanol–water partition coefficient (Wildman–Crippen LogP) is 3.85. The number of nitrogens with zero attached hydrogens (tertiary/aromatic N) is 2. The van der Waals surface area contributed by atoms with Gasteiger partial charge in [-0.05, 0) is 29.8 Å². The third-order valence-electron chi connectivity index (χ3n) is 5.27. The van der Waals surface area contributed by atoms with Crippen LogP contribution in [-0.2, 0) is 21.1 Å². The number of para-hydroxylation sites is 1. The van der Waals surface area contributed by atoms with Crippen LogP contribution in [0.1, 0.15) is 5.56 Å². The second-order valence-electron chi connectivity index (χ2n) is 7.40. The van der Waals surface area contributed by atoms with Crippen molar-refractivity contribution in [3.63, 3.8) is 0 Å². The molecular formula is C21H20Cl2N2O5S2. The third-order valence-corrected chi connectivity index (χ3v) is 9.09. The number of carbonyl (C=O) groups is 1. The first-order valence-corrected chi connectivity index (χ1v) is 13.1. The Morgan fingerprint density at radius 3 is 2.47 bits per heavy atom. The van der Waals surface area contributed by atoms with E-state index in [4.69, 9.17) is 32.7 Å². The summed E-state index contributed by atoms with van der Waals surface area (Å²) >= 11 is 14.1. The second kappa shape index (κ2) is 9.13. The lowest BCUT2D eigenvalue weighted by Gasteiger charge is -2.26. The summed E-state index contributed by atoms with van der Waals surface area (Å²) in [6.07, 6.45) is 0.0438. The molecule has 2 atom stereocenters. The van der Waals surface area contributed by atoms with Crippen molar-refractivity contribution in [3.8, 4) is 11.5 Å². The number of halogens is 2. The fraction of sp³-hybridized carbons (Fsp3) is 0.333. The monoisotopic (exact) mass is 514 g/mol. The van der Waals surface area contributed by atoms with Crippen LogP contribution in [0.4, 0.5) is 5.69 Å². The first kappa shape index (κ1) is 23.2. The Balaban J connectivity index is 1.66. The average Bonchev–Trinajstić information content (AvgIpc) is 3.19. The number of anilines is 1. The van der Waals surface area contributed by atoms with Crippen LogP contribution in [0.25, 0.3) is 0 Å². The maximum atomic E-state index is 12.8. The van der Waals surface area contributed by atoms with Crippen molar-refractivity contribution in [1.29, 1.82) is 0 Å². The van der Waals surface area contributed by atoms with Crippen molar-refractivity contribution < 1.29 is 22.7 Å². The standard InChI is InChI=1S/C21H20Cl2N2O5S2/c1-29-16-7-6-12(8-17(16)30-2)9-19(26)24-21-25(20-13(22)4-3-5-14(20)23)15-10-32(27,28)11-18(15)31-21/h3-8,15,18H,9-11H2,1-2H3. The summed E-state index contributed by atoms with van der Waals surface area (Å²) in [4.78, 5) is 18.9. The van der Waals surface area contributed by atoms with E-state index in [9.17, 15) is 13.2 Å². The zero-order valence-electron chi connectivity index (χ0n) is 17.2. The molecule has 1 amide bonds. The van der Waals surface area contributed by atoms with Crippen LogP contribution in [0.3, 0.4) is 0 Å². The summed E-state index contributed by atoms with van der Waals surface area (Å²) in [6.45, 7) is 0. The van der Waals surface area contributed by atoms with Gasteiger partial charge < -0.3 is 14.4 Å². The van der Waals surface area contributed by atoms with E-state index in [1.165, 1.54) is 26.0 Å². The van der Waals surface area contributed by atoms with E-state index in [2.05, 4.69) is 4.99 Å². The molecule has 32 heavy (non-hydrogen) atoms. The normalized spacial score (nSPS) is 22.8. The number of fused-ring (bicyclic) bond motifs is 1. The minimum Gasteiger partial charge on any atom is -0.493 e. The lowest BCUT2D eigenvalue weighted by Crippen LogP contribution is -2.38. The van der Waals surface area contributed by atoms with Crippen molar-refractivity contribution >= 4 is 61.6 Å². The maximum absolute atomic E-state index is 12.8. The summed E-state index contributed by atoms with van der Waals surface area (Å²) in [5.74, 6) is 0.675. The van der Waals surface area contributed by atoms with Crippen molar-refractivity contribution in [1.82, 2.24) is 0 Å². The van der Waals surface area contributed by atoms with E-state index in [-0.39, 0.29) is 29.1 Å². The lowest BCUT2D eigenvalue weighted by molar-refractivity contribution is -0.117. The zero-order valence-corrected chi connectivity index (χ0v) is 20.4. The number of methoxy groups -OCH3 is 2. The van der Waals surface area contributed by atoms with Gasteiger partial charge >= 0.3 is 0 Å². The van der Waals surface area contributed by atoms with Gasteiger partial charge in [0.2, 0.25) is 0 Å². The molecule has 2 saturated heterocycles. The van der Waals surface area contributed by atoms with Crippen molar-refractivity contribution in [3.05, 3.63) is 52.0 Å². The molecule has 0 aromatic heterocycles. The number of sulfone groups is 1. The van der Waals surface area contributed by atoms with Crippen LogP contribution in [0, 0.1) is 0 Å². The molecule has 0 radical (unpaired) electrons. The van der Waals surface area contributed by atoms with E-state index in [0.29, 0.717) is 38.0 Å². The van der Waals surface area contributed by atoms with Gasteiger partial charge in [-0.15, -0.1) is 0 Å². The first-order valence-electron chi connectivity index (χ1n) is 9.65. The highest BCUT2D eigenvalue weighted by Crippen LogP contribution is 2.45. The highest BCUT2D eigenvalue weighted by Gasteiger charge is 2.50. The molecule has 2 fully saturated rings. The van der Waals surface area contributed by atoms with E-state index in [1.807, 2.05) is 0 Å². The Labute approximate surface area is 200 Å². The number of amides is 1. The molecule has 2 aromatic carbocycles. The summed E-state index contributed by atoms with van der Waals surface area (Å²) in [6, 6.07) is 9.88. The number of carbonyl (C=O) groups excluding carboxylic acids is 1. The van der Waals surface area contributed by atoms with E-state index in [1.54, 1.807) is 41.3 Å². The van der Waals surface area contributed by atoms with Gasteiger partial charge in [-0.2, -0.15) is 4.99 Å². The fourth-order valence-electron chi connectivity index (χ4n) is 3.86. The molecule has 11 heteroatoms. The van der Waals surface area contributed by atoms with Crippen LogP contribution in [0.2, 0.25) is 10.0 Å². The molecule has 0 N–H and O–H groups in total. The first-order chi connectivity index (χ1) is 15.2.